The van der Waals surface area contributed by atoms with Crippen molar-refractivity contribution >= 4 is 15.7 Å². The lowest BCUT2D eigenvalue weighted by molar-refractivity contribution is 0.571. The van der Waals surface area contributed by atoms with Gasteiger partial charge in [0, 0.05) is 13.6 Å². The van der Waals surface area contributed by atoms with Gasteiger partial charge in [0.15, 0.2) is 0 Å². The molecular weight excluding hydrogens is 243 g/mol. The van der Waals surface area contributed by atoms with Crippen LogP contribution in [0, 0.1) is 5.82 Å². The van der Waals surface area contributed by atoms with E-state index in [-0.39, 0.29) is 12.2 Å². The van der Waals surface area contributed by atoms with Crippen LogP contribution in [0.2, 0.25) is 0 Å². The molecule has 1 aromatic carbocycles. The van der Waals surface area contributed by atoms with E-state index in [0.717, 1.165) is 4.31 Å². The first-order valence-corrected chi connectivity index (χ1v) is 6.87. The Hall–Kier alpha value is -1.14. The van der Waals surface area contributed by atoms with E-state index in [1.165, 1.54) is 25.2 Å². The van der Waals surface area contributed by atoms with Crippen molar-refractivity contribution in [1.29, 1.82) is 0 Å². The standard InChI is InChI=1S/C11H17FN2O2S/c1-3-9(8-13)17(15,16)14(2)11-7-5-4-6-10(11)12/h4-7,9H,3,8,13H2,1-2H3. The van der Waals surface area contributed by atoms with Gasteiger partial charge in [0.25, 0.3) is 0 Å². The lowest BCUT2D eigenvalue weighted by Gasteiger charge is -2.24. The SMILES string of the molecule is CCC(CN)S(=O)(=O)N(C)c1ccccc1F. The normalized spacial score (nSPS) is 13.4. The predicted octanol–water partition coefficient (Wildman–Crippen LogP) is 1.33. The number of sulfonamides is 1. The molecule has 0 bridgehead atoms. The summed E-state index contributed by atoms with van der Waals surface area (Å²) in [5.41, 5.74) is 5.46. The van der Waals surface area contributed by atoms with Gasteiger partial charge in [-0.15, -0.1) is 0 Å². The maximum Gasteiger partial charge on any atom is 0.239 e. The van der Waals surface area contributed by atoms with Crippen LogP contribution < -0.4 is 10.0 Å². The minimum atomic E-state index is -3.61. The van der Waals surface area contributed by atoms with Crippen LogP contribution in [-0.4, -0.2) is 27.3 Å². The molecule has 0 saturated carbocycles. The first-order chi connectivity index (χ1) is 7.95. The van der Waals surface area contributed by atoms with E-state index in [0.29, 0.717) is 6.42 Å². The lowest BCUT2D eigenvalue weighted by atomic mass is 10.3. The smallest absolute Gasteiger partial charge is 0.239 e. The summed E-state index contributed by atoms with van der Waals surface area (Å²) in [6.45, 7) is 1.77. The van der Waals surface area contributed by atoms with E-state index < -0.39 is 21.1 Å². The van der Waals surface area contributed by atoms with Gasteiger partial charge in [-0.1, -0.05) is 19.1 Å². The van der Waals surface area contributed by atoms with Crippen molar-refractivity contribution in [2.75, 3.05) is 17.9 Å². The molecule has 0 fully saturated rings. The highest BCUT2D eigenvalue weighted by molar-refractivity contribution is 7.93. The average molecular weight is 260 g/mol. The molecule has 1 atom stereocenters. The number of benzene rings is 1. The summed E-state index contributed by atoms with van der Waals surface area (Å²) in [4.78, 5) is 0. The average Bonchev–Trinajstić information content (AvgIpc) is 2.30. The maximum absolute atomic E-state index is 13.5. The van der Waals surface area contributed by atoms with Gasteiger partial charge >= 0.3 is 0 Å². The maximum atomic E-state index is 13.5. The number of hydrogen-bond acceptors (Lipinski definition) is 3. The van der Waals surface area contributed by atoms with E-state index in [4.69, 9.17) is 5.73 Å². The molecule has 0 saturated heterocycles. The second kappa shape index (κ2) is 5.46. The van der Waals surface area contributed by atoms with Crippen LogP contribution in [0.3, 0.4) is 0 Å². The number of hydrogen-bond donors (Lipinski definition) is 1. The third-order valence-corrected chi connectivity index (χ3v) is 5.04. The Bertz CT molecular complexity index is 472. The van der Waals surface area contributed by atoms with Crippen molar-refractivity contribution < 1.29 is 12.8 Å². The Morgan fingerprint density at radius 1 is 1.41 bits per heavy atom. The van der Waals surface area contributed by atoms with Crippen LogP contribution in [0.4, 0.5) is 10.1 Å². The van der Waals surface area contributed by atoms with Gasteiger partial charge in [0.05, 0.1) is 10.9 Å². The van der Waals surface area contributed by atoms with Crippen LogP contribution in [-0.2, 0) is 10.0 Å². The minimum absolute atomic E-state index is 0.0254. The zero-order valence-electron chi connectivity index (χ0n) is 9.93. The Morgan fingerprint density at radius 3 is 2.47 bits per heavy atom. The summed E-state index contributed by atoms with van der Waals surface area (Å²) >= 11 is 0. The summed E-state index contributed by atoms with van der Waals surface area (Å²) < 4.78 is 38.7. The zero-order chi connectivity index (χ0) is 13.1. The van der Waals surface area contributed by atoms with Gasteiger partial charge in [-0.05, 0) is 18.6 Å². The summed E-state index contributed by atoms with van der Waals surface area (Å²) in [6, 6.07) is 5.76. The Labute approximate surface area is 101 Å². The Balaban J connectivity index is 3.13. The van der Waals surface area contributed by atoms with Crippen molar-refractivity contribution in [2.45, 2.75) is 18.6 Å². The molecule has 0 aliphatic carbocycles. The molecule has 6 heteroatoms. The molecule has 0 spiro atoms. The van der Waals surface area contributed by atoms with E-state index in [9.17, 15) is 12.8 Å². The molecule has 1 rings (SSSR count). The first kappa shape index (κ1) is 13.9. The molecule has 96 valence electrons. The molecule has 0 radical (unpaired) electrons. The van der Waals surface area contributed by atoms with E-state index in [1.54, 1.807) is 13.0 Å². The number of nitrogens with zero attached hydrogens (tertiary/aromatic N) is 1. The van der Waals surface area contributed by atoms with E-state index in [1.807, 2.05) is 0 Å². The van der Waals surface area contributed by atoms with Crippen molar-refractivity contribution in [3.63, 3.8) is 0 Å². The lowest BCUT2D eigenvalue weighted by Crippen LogP contribution is -2.40. The molecule has 2 N–H and O–H groups in total. The van der Waals surface area contributed by atoms with Crippen molar-refractivity contribution in [2.24, 2.45) is 5.73 Å². The molecule has 0 amide bonds. The van der Waals surface area contributed by atoms with Crippen molar-refractivity contribution in [3.05, 3.63) is 30.1 Å². The molecule has 0 aliphatic heterocycles. The predicted molar refractivity (Wildman–Crippen MR) is 66.9 cm³/mol. The number of para-hydroxylation sites is 1. The highest BCUT2D eigenvalue weighted by atomic mass is 32.2. The minimum Gasteiger partial charge on any atom is -0.329 e. The Morgan fingerprint density at radius 2 is 2.00 bits per heavy atom. The molecule has 1 unspecified atom stereocenters. The molecule has 17 heavy (non-hydrogen) atoms. The van der Waals surface area contributed by atoms with Crippen LogP contribution in [0.15, 0.2) is 24.3 Å². The fourth-order valence-corrected chi connectivity index (χ4v) is 3.10. The third-order valence-electron chi connectivity index (χ3n) is 2.71. The van der Waals surface area contributed by atoms with Gasteiger partial charge in [-0.3, -0.25) is 4.31 Å². The van der Waals surface area contributed by atoms with E-state index >= 15 is 0 Å². The summed E-state index contributed by atoms with van der Waals surface area (Å²) in [5.74, 6) is -0.564. The van der Waals surface area contributed by atoms with Crippen LogP contribution in [0.5, 0.6) is 0 Å². The second-order valence-corrected chi connectivity index (χ2v) is 5.97. The van der Waals surface area contributed by atoms with Gasteiger partial charge in [-0.25, -0.2) is 12.8 Å². The van der Waals surface area contributed by atoms with Crippen molar-refractivity contribution in [1.82, 2.24) is 0 Å². The molecule has 1 aromatic rings. The summed E-state index contributed by atoms with van der Waals surface area (Å²) in [6.07, 6.45) is 0.400. The highest BCUT2D eigenvalue weighted by Gasteiger charge is 2.28. The zero-order valence-corrected chi connectivity index (χ0v) is 10.7. The number of anilines is 1. The number of halogens is 1. The number of nitrogens with two attached hydrogens (primary N) is 1. The molecular formula is C11H17FN2O2S. The molecule has 4 nitrogen and oxygen atoms in total. The van der Waals surface area contributed by atoms with E-state index in [2.05, 4.69) is 0 Å². The monoisotopic (exact) mass is 260 g/mol. The topological polar surface area (TPSA) is 63.4 Å². The summed E-state index contributed by atoms with van der Waals surface area (Å²) in [5, 5.41) is -0.688. The van der Waals surface area contributed by atoms with Crippen LogP contribution in [0.25, 0.3) is 0 Å². The fourth-order valence-electron chi connectivity index (χ4n) is 1.57. The fraction of sp³-hybridized carbons (Fsp3) is 0.455. The molecule has 0 aromatic heterocycles. The first-order valence-electron chi connectivity index (χ1n) is 5.37. The summed E-state index contributed by atoms with van der Waals surface area (Å²) in [7, 11) is -2.27. The van der Waals surface area contributed by atoms with Gasteiger partial charge in [0.2, 0.25) is 10.0 Å². The van der Waals surface area contributed by atoms with Gasteiger partial charge in [0.1, 0.15) is 5.82 Å². The van der Waals surface area contributed by atoms with Crippen molar-refractivity contribution in [3.8, 4) is 0 Å². The van der Waals surface area contributed by atoms with Gasteiger partial charge < -0.3 is 5.73 Å². The third kappa shape index (κ3) is 2.76. The van der Waals surface area contributed by atoms with Crippen LogP contribution >= 0.6 is 0 Å². The number of rotatable bonds is 5. The van der Waals surface area contributed by atoms with Gasteiger partial charge in [-0.2, -0.15) is 0 Å². The molecule has 0 heterocycles. The quantitative estimate of drug-likeness (QED) is 0.868. The Kier molecular flexibility index (Phi) is 4.47. The largest absolute Gasteiger partial charge is 0.329 e. The van der Waals surface area contributed by atoms with Crippen LogP contribution in [0.1, 0.15) is 13.3 Å². The molecule has 0 aliphatic rings. The highest BCUT2D eigenvalue weighted by Crippen LogP contribution is 2.22. The second-order valence-electron chi connectivity index (χ2n) is 3.73.